The summed E-state index contributed by atoms with van der Waals surface area (Å²) in [7, 11) is 0. The van der Waals surface area contributed by atoms with E-state index in [0.29, 0.717) is 11.0 Å². The van der Waals surface area contributed by atoms with Crippen LogP contribution < -0.4 is 10.7 Å². The van der Waals surface area contributed by atoms with Crippen molar-refractivity contribution in [1.82, 2.24) is 15.0 Å². The first-order chi connectivity index (χ1) is 12.9. The van der Waals surface area contributed by atoms with E-state index >= 15 is 0 Å². The molecule has 1 atom stereocenters. The zero-order valence-corrected chi connectivity index (χ0v) is 14.7. The third-order valence-electron chi connectivity index (χ3n) is 4.11. The Hall–Kier alpha value is -3.29. The van der Waals surface area contributed by atoms with Crippen LogP contribution in [0.15, 0.2) is 48.8 Å². The standard InChI is InChI=1S/C19H18F2N4O2/c1-11(2)17(23-18(26)16-12(20)6-5-7-13(16)21)19(27)24-25-10-22-14-8-3-4-9-15(14)25/h3-11,17H,1-2H3,(H,23,26)(H,24,27). The van der Waals surface area contributed by atoms with Gasteiger partial charge in [-0.05, 0) is 30.2 Å². The van der Waals surface area contributed by atoms with Crippen LogP contribution in [0.4, 0.5) is 8.78 Å². The number of carbonyl (C=O) groups excluding carboxylic acids is 2. The van der Waals surface area contributed by atoms with Crippen molar-refractivity contribution in [2.24, 2.45) is 5.92 Å². The third kappa shape index (κ3) is 3.79. The van der Waals surface area contributed by atoms with Crippen LogP contribution in [0.1, 0.15) is 24.2 Å². The Morgan fingerprint density at radius 2 is 1.70 bits per heavy atom. The summed E-state index contributed by atoms with van der Waals surface area (Å²) in [6.45, 7) is 3.43. The van der Waals surface area contributed by atoms with Gasteiger partial charge in [0.1, 0.15) is 29.6 Å². The van der Waals surface area contributed by atoms with Gasteiger partial charge in [-0.1, -0.05) is 32.0 Å². The van der Waals surface area contributed by atoms with Crippen LogP contribution in [-0.2, 0) is 4.79 Å². The molecule has 3 aromatic rings. The smallest absolute Gasteiger partial charge is 0.261 e. The summed E-state index contributed by atoms with van der Waals surface area (Å²) in [5.41, 5.74) is 3.30. The van der Waals surface area contributed by atoms with Gasteiger partial charge in [0.25, 0.3) is 11.8 Å². The molecule has 2 N–H and O–H groups in total. The molecule has 2 amide bonds. The Labute approximate surface area is 154 Å². The van der Waals surface area contributed by atoms with Crippen molar-refractivity contribution < 1.29 is 18.4 Å². The van der Waals surface area contributed by atoms with Gasteiger partial charge in [-0.25, -0.2) is 18.4 Å². The zero-order valence-electron chi connectivity index (χ0n) is 14.7. The first-order valence-electron chi connectivity index (χ1n) is 8.36. The Morgan fingerprint density at radius 1 is 1.04 bits per heavy atom. The largest absolute Gasteiger partial charge is 0.340 e. The van der Waals surface area contributed by atoms with Gasteiger partial charge in [-0.2, -0.15) is 0 Å². The number of halogens is 2. The molecule has 0 fully saturated rings. The lowest BCUT2D eigenvalue weighted by atomic mass is 10.0. The maximum absolute atomic E-state index is 13.8. The summed E-state index contributed by atoms with van der Waals surface area (Å²) in [5.74, 6) is -3.82. The molecular formula is C19H18F2N4O2. The van der Waals surface area contributed by atoms with Crippen molar-refractivity contribution in [2.75, 3.05) is 5.43 Å². The number of imidazole rings is 1. The van der Waals surface area contributed by atoms with Crippen molar-refractivity contribution in [2.45, 2.75) is 19.9 Å². The van der Waals surface area contributed by atoms with E-state index in [4.69, 9.17) is 0 Å². The lowest BCUT2D eigenvalue weighted by molar-refractivity contribution is -0.119. The van der Waals surface area contributed by atoms with Crippen molar-refractivity contribution >= 4 is 22.8 Å². The van der Waals surface area contributed by atoms with E-state index in [9.17, 15) is 18.4 Å². The Morgan fingerprint density at radius 3 is 2.37 bits per heavy atom. The number of rotatable bonds is 5. The predicted molar refractivity (Wildman–Crippen MR) is 96.6 cm³/mol. The minimum Gasteiger partial charge on any atom is -0.340 e. The quantitative estimate of drug-likeness (QED) is 0.723. The molecule has 3 rings (SSSR count). The summed E-state index contributed by atoms with van der Waals surface area (Å²) >= 11 is 0. The summed E-state index contributed by atoms with van der Waals surface area (Å²) in [6.07, 6.45) is 1.44. The molecule has 0 aliphatic carbocycles. The highest BCUT2D eigenvalue weighted by Gasteiger charge is 2.27. The number of amides is 2. The van der Waals surface area contributed by atoms with E-state index in [1.54, 1.807) is 32.0 Å². The van der Waals surface area contributed by atoms with Gasteiger partial charge in [-0.3, -0.25) is 15.0 Å². The predicted octanol–water partition coefficient (Wildman–Crippen LogP) is 2.84. The first kappa shape index (κ1) is 18.5. The molecule has 0 spiro atoms. The molecule has 0 radical (unpaired) electrons. The van der Waals surface area contributed by atoms with Gasteiger partial charge in [0.05, 0.1) is 11.0 Å². The molecule has 2 aromatic carbocycles. The number of nitrogens with one attached hydrogen (secondary N) is 2. The van der Waals surface area contributed by atoms with Crippen LogP contribution >= 0.6 is 0 Å². The number of fused-ring (bicyclic) bond motifs is 1. The average Bonchev–Trinajstić information content (AvgIpc) is 3.02. The second kappa shape index (κ2) is 7.53. The van der Waals surface area contributed by atoms with Crippen molar-refractivity contribution in [3.8, 4) is 0 Å². The summed E-state index contributed by atoms with van der Waals surface area (Å²) in [5, 5.41) is 2.41. The Balaban J connectivity index is 1.81. The van der Waals surface area contributed by atoms with Crippen molar-refractivity contribution in [3.05, 3.63) is 66.0 Å². The molecule has 0 saturated carbocycles. The number of hydrogen-bond acceptors (Lipinski definition) is 3. The molecule has 0 bridgehead atoms. The van der Waals surface area contributed by atoms with E-state index in [-0.39, 0.29) is 5.92 Å². The number of benzene rings is 2. The molecule has 8 heteroatoms. The van der Waals surface area contributed by atoms with Gasteiger partial charge in [-0.15, -0.1) is 0 Å². The molecule has 6 nitrogen and oxygen atoms in total. The van der Waals surface area contributed by atoms with Gasteiger partial charge < -0.3 is 5.32 Å². The second-order valence-corrected chi connectivity index (χ2v) is 6.37. The van der Waals surface area contributed by atoms with Gasteiger partial charge in [0.2, 0.25) is 0 Å². The van der Waals surface area contributed by atoms with Crippen LogP contribution in [0, 0.1) is 17.6 Å². The molecule has 140 valence electrons. The number of carbonyl (C=O) groups is 2. The van der Waals surface area contributed by atoms with Crippen LogP contribution in [0.2, 0.25) is 0 Å². The molecule has 0 saturated heterocycles. The Bertz CT molecular complexity index is 980. The second-order valence-electron chi connectivity index (χ2n) is 6.37. The fraction of sp³-hybridized carbons (Fsp3) is 0.211. The maximum atomic E-state index is 13.8. The highest BCUT2D eigenvalue weighted by molar-refractivity contribution is 5.99. The molecular weight excluding hydrogens is 354 g/mol. The van der Waals surface area contributed by atoms with Crippen LogP contribution in [-0.4, -0.2) is 27.5 Å². The monoisotopic (exact) mass is 372 g/mol. The molecule has 1 heterocycles. The van der Waals surface area contributed by atoms with Crippen molar-refractivity contribution in [3.63, 3.8) is 0 Å². The van der Waals surface area contributed by atoms with Crippen LogP contribution in [0.3, 0.4) is 0 Å². The molecule has 0 aliphatic rings. The van der Waals surface area contributed by atoms with E-state index in [2.05, 4.69) is 15.7 Å². The fourth-order valence-electron chi connectivity index (χ4n) is 2.70. The van der Waals surface area contributed by atoms with E-state index in [1.807, 2.05) is 6.07 Å². The summed E-state index contributed by atoms with van der Waals surface area (Å²) in [6, 6.07) is 9.33. The topological polar surface area (TPSA) is 76.0 Å². The van der Waals surface area contributed by atoms with Gasteiger partial charge in [0, 0.05) is 0 Å². The number of para-hydroxylation sites is 2. The lowest BCUT2D eigenvalue weighted by Gasteiger charge is -2.22. The molecule has 1 aromatic heterocycles. The summed E-state index contributed by atoms with van der Waals surface area (Å²) < 4.78 is 29.1. The lowest BCUT2D eigenvalue weighted by Crippen LogP contribution is -2.49. The van der Waals surface area contributed by atoms with Crippen molar-refractivity contribution in [1.29, 1.82) is 0 Å². The SMILES string of the molecule is CC(C)C(NC(=O)c1c(F)cccc1F)C(=O)Nn1cnc2ccccc21. The highest BCUT2D eigenvalue weighted by atomic mass is 19.1. The van der Waals surface area contributed by atoms with E-state index in [1.165, 1.54) is 11.0 Å². The fourth-order valence-corrected chi connectivity index (χ4v) is 2.70. The normalized spacial score (nSPS) is 12.2. The first-order valence-corrected chi connectivity index (χ1v) is 8.36. The van der Waals surface area contributed by atoms with Crippen LogP contribution in [0.5, 0.6) is 0 Å². The van der Waals surface area contributed by atoms with E-state index < -0.39 is 35.1 Å². The zero-order chi connectivity index (χ0) is 19.6. The maximum Gasteiger partial charge on any atom is 0.261 e. The number of aromatic nitrogens is 2. The number of hydrogen-bond donors (Lipinski definition) is 2. The minimum atomic E-state index is -1.00. The number of nitrogens with zero attached hydrogens (tertiary/aromatic N) is 2. The highest BCUT2D eigenvalue weighted by Crippen LogP contribution is 2.14. The Kier molecular flexibility index (Phi) is 5.16. The summed E-state index contributed by atoms with van der Waals surface area (Å²) in [4.78, 5) is 29.2. The average molecular weight is 372 g/mol. The molecule has 27 heavy (non-hydrogen) atoms. The van der Waals surface area contributed by atoms with Crippen LogP contribution in [0.25, 0.3) is 11.0 Å². The molecule has 0 aliphatic heterocycles. The third-order valence-corrected chi connectivity index (χ3v) is 4.11. The van der Waals surface area contributed by atoms with Gasteiger partial charge >= 0.3 is 0 Å². The van der Waals surface area contributed by atoms with E-state index in [0.717, 1.165) is 18.2 Å². The van der Waals surface area contributed by atoms with Gasteiger partial charge in [0.15, 0.2) is 0 Å². The minimum absolute atomic E-state index is 0.321. The molecule has 1 unspecified atom stereocenters.